The Labute approximate surface area is 134 Å². The lowest BCUT2D eigenvalue weighted by atomic mass is 10.1. The first-order valence-corrected chi connectivity index (χ1v) is 7.16. The van der Waals surface area contributed by atoms with Crippen LogP contribution in [-0.2, 0) is 11.3 Å². The Kier molecular flexibility index (Phi) is 5.05. The summed E-state index contributed by atoms with van der Waals surface area (Å²) in [4.78, 5) is 27.0. The van der Waals surface area contributed by atoms with Crippen LogP contribution < -0.4 is 10.1 Å². The minimum atomic E-state index is -0.455. The van der Waals surface area contributed by atoms with Crippen molar-refractivity contribution in [3.05, 3.63) is 52.3 Å². The number of H-pyrrole nitrogens is 1. The second kappa shape index (κ2) is 7.00. The zero-order chi connectivity index (χ0) is 17.0. The van der Waals surface area contributed by atoms with Crippen LogP contribution >= 0.6 is 0 Å². The van der Waals surface area contributed by atoms with E-state index in [4.69, 9.17) is 9.47 Å². The van der Waals surface area contributed by atoms with Gasteiger partial charge in [-0.3, -0.25) is 4.79 Å². The number of esters is 1. The van der Waals surface area contributed by atoms with Crippen LogP contribution in [0.5, 0.6) is 5.75 Å². The van der Waals surface area contributed by atoms with E-state index >= 15 is 0 Å². The van der Waals surface area contributed by atoms with Gasteiger partial charge >= 0.3 is 5.97 Å². The van der Waals surface area contributed by atoms with Gasteiger partial charge in [0.25, 0.3) is 5.91 Å². The molecule has 0 aliphatic carbocycles. The summed E-state index contributed by atoms with van der Waals surface area (Å²) in [5.41, 5.74) is 2.88. The molecule has 0 bridgehead atoms. The lowest BCUT2D eigenvalue weighted by molar-refractivity contribution is 0.0599. The summed E-state index contributed by atoms with van der Waals surface area (Å²) in [6.07, 6.45) is 0. The fraction of sp³-hybridized carbons (Fsp3) is 0.294. The summed E-state index contributed by atoms with van der Waals surface area (Å²) in [5.74, 6) is 0.00305. The van der Waals surface area contributed by atoms with Crippen LogP contribution in [0.15, 0.2) is 24.3 Å². The molecule has 2 rings (SSSR count). The average Bonchev–Trinajstić information content (AvgIpc) is 2.86. The van der Waals surface area contributed by atoms with E-state index in [0.29, 0.717) is 29.1 Å². The number of ether oxygens (including phenoxy) is 2. The third-order valence-electron chi connectivity index (χ3n) is 3.64. The van der Waals surface area contributed by atoms with E-state index in [1.54, 1.807) is 21.0 Å². The summed E-state index contributed by atoms with van der Waals surface area (Å²) in [6.45, 7) is 3.81. The molecule has 2 N–H and O–H groups in total. The van der Waals surface area contributed by atoms with E-state index in [2.05, 4.69) is 10.3 Å². The monoisotopic (exact) mass is 316 g/mol. The van der Waals surface area contributed by atoms with E-state index in [1.807, 2.05) is 24.3 Å². The normalized spacial score (nSPS) is 10.3. The largest absolute Gasteiger partial charge is 0.497 e. The number of aryl methyl sites for hydroxylation is 1. The zero-order valence-electron chi connectivity index (χ0n) is 13.6. The van der Waals surface area contributed by atoms with Crippen molar-refractivity contribution in [2.75, 3.05) is 14.2 Å². The number of nitrogens with one attached hydrogen (secondary N) is 2. The molecule has 0 aliphatic rings. The Bertz CT molecular complexity index is 734. The van der Waals surface area contributed by atoms with Crippen LogP contribution in [0.4, 0.5) is 0 Å². The summed E-state index contributed by atoms with van der Waals surface area (Å²) in [7, 11) is 2.91. The first kappa shape index (κ1) is 16.6. The molecule has 6 nitrogen and oxygen atoms in total. The van der Waals surface area contributed by atoms with Gasteiger partial charge in [-0.05, 0) is 37.1 Å². The van der Waals surface area contributed by atoms with Crippen LogP contribution in [0.1, 0.15) is 37.7 Å². The summed E-state index contributed by atoms with van der Waals surface area (Å²) < 4.78 is 9.89. The molecule has 0 aliphatic heterocycles. The highest BCUT2D eigenvalue weighted by atomic mass is 16.5. The topological polar surface area (TPSA) is 80.4 Å². The van der Waals surface area contributed by atoms with Crippen molar-refractivity contribution >= 4 is 11.9 Å². The number of rotatable bonds is 5. The quantitative estimate of drug-likeness (QED) is 0.830. The lowest BCUT2D eigenvalue weighted by Gasteiger charge is -2.07. The third kappa shape index (κ3) is 3.53. The molecule has 122 valence electrons. The molecule has 0 spiro atoms. The smallest absolute Gasteiger partial charge is 0.339 e. The van der Waals surface area contributed by atoms with E-state index in [1.165, 1.54) is 7.11 Å². The van der Waals surface area contributed by atoms with Crippen molar-refractivity contribution in [2.24, 2.45) is 0 Å². The van der Waals surface area contributed by atoms with Crippen molar-refractivity contribution < 1.29 is 19.1 Å². The van der Waals surface area contributed by atoms with Crippen molar-refractivity contribution in [3.8, 4) is 5.75 Å². The van der Waals surface area contributed by atoms with Gasteiger partial charge in [-0.15, -0.1) is 0 Å². The standard InChI is InChI=1S/C17H20N2O4/c1-10-14(17(21)23-4)11(2)19-15(10)16(20)18-9-12-6-5-7-13(8-12)22-3/h5-8,19H,9H2,1-4H3,(H,18,20). The minimum Gasteiger partial charge on any atom is -0.497 e. The van der Waals surface area contributed by atoms with Gasteiger partial charge < -0.3 is 19.8 Å². The van der Waals surface area contributed by atoms with Gasteiger partial charge in [0.2, 0.25) is 0 Å². The molecule has 0 fully saturated rings. The van der Waals surface area contributed by atoms with Gasteiger partial charge in [-0.1, -0.05) is 12.1 Å². The van der Waals surface area contributed by atoms with Gasteiger partial charge in [0.15, 0.2) is 0 Å². The molecular formula is C17H20N2O4. The number of hydrogen-bond donors (Lipinski definition) is 2. The van der Waals surface area contributed by atoms with Crippen molar-refractivity contribution in [3.63, 3.8) is 0 Å². The van der Waals surface area contributed by atoms with Crippen molar-refractivity contribution in [1.82, 2.24) is 10.3 Å². The van der Waals surface area contributed by atoms with E-state index in [9.17, 15) is 9.59 Å². The van der Waals surface area contributed by atoms with E-state index in [0.717, 1.165) is 11.3 Å². The maximum absolute atomic E-state index is 12.3. The Morgan fingerprint density at radius 2 is 1.96 bits per heavy atom. The first-order chi connectivity index (χ1) is 11.0. The lowest BCUT2D eigenvalue weighted by Crippen LogP contribution is -2.24. The number of aromatic nitrogens is 1. The maximum Gasteiger partial charge on any atom is 0.339 e. The number of methoxy groups -OCH3 is 2. The van der Waals surface area contributed by atoms with Gasteiger partial charge in [-0.2, -0.15) is 0 Å². The molecular weight excluding hydrogens is 296 g/mol. The van der Waals surface area contributed by atoms with Crippen molar-refractivity contribution in [2.45, 2.75) is 20.4 Å². The van der Waals surface area contributed by atoms with Crippen LogP contribution in [0.25, 0.3) is 0 Å². The Morgan fingerprint density at radius 3 is 2.61 bits per heavy atom. The highest BCUT2D eigenvalue weighted by Gasteiger charge is 2.22. The van der Waals surface area contributed by atoms with Gasteiger partial charge in [0, 0.05) is 12.2 Å². The van der Waals surface area contributed by atoms with Crippen LogP contribution in [-0.4, -0.2) is 31.1 Å². The summed E-state index contributed by atoms with van der Waals surface area (Å²) >= 11 is 0. The molecule has 1 amide bonds. The fourth-order valence-electron chi connectivity index (χ4n) is 2.44. The maximum atomic E-state index is 12.3. The molecule has 0 atom stereocenters. The Hall–Kier alpha value is -2.76. The zero-order valence-corrected chi connectivity index (χ0v) is 13.6. The molecule has 6 heteroatoms. The third-order valence-corrected chi connectivity index (χ3v) is 3.64. The minimum absolute atomic E-state index is 0.274. The second-order valence-electron chi connectivity index (χ2n) is 5.15. The number of benzene rings is 1. The molecule has 0 saturated heterocycles. The average molecular weight is 316 g/mol. The Balaban J connectivity index is 2.13. The van der Waals surface area contributed by atoms with Crippen LogP contribution in [0.3, 0.4) is 0 Å². The molecule has 0 unspecified atom stereocenters. The van der Waals surface area contributed by atoms with Gasteiger partial charge in [0.1, 0.15) is 11.4 Å². The molecule has 0 radical (unpaired) electrons. The first-order valence-electron chi connectivity index (χ1n) is 7.16. The molecule has 1 heterocycles. The second-order valence-corrected chi connectivity index (χ2v) is 5.15. The number of carbonyl (C=O) groups is 2. The molecule has 1 aromatic carbocycles. The van der Waals surface area contributed by atoms with Crippen LogP contribution in [0, 0.1) is 13.8 Å². The highest BCUT2D eigenvalue weighted by molar-refractivity contribution is 6.00. The predicted molar refractivity (Wildman–Crippen MR) is 85.8 cm³/mol. The molecule has 23 heavy (non-hydrogen) atoms. The number of amides is 1. The number of aromatic amines is 1. The van der Waals surface area contributed by atoms with Crippen LogP contribution in [0.2, 0.25) is 0 Å². The van der Waals surface area contributed by atoms with E-state index in [-0.39, 0.29) is 5.91 Å². The molecule has 0 saturated carbocycles. The Morgan fingerprint density at radius 1 is 1.22 bits per heavy atom. The van der Waals surface area contributed by atoms with Gasteiger partial charge in [-0.25, -0.2) is 4.79 Å². The van der Waals surface area contributed by atoms with Crippen molar-refractivity contribution in [1.29, 1.82) is 0 Å². The predicted octanol–water partition coefficient (Wildman–Crippen LogP) is 2.36. The number of hydrogen-bond acceptors (Lipinski definition) is 4. The summed E-state index contributed by atoms with van der Waals surface area (Å²) in [6, 6.07) is 7.45. The number of carbonyl (C=O) groups excluding carboxylic acids is 2. The van der Waals surface area contributed by atoms with E-state index < -0.39 is 5.97 Å². The molecule has 1 aromatic heterocycles. The SMILES string of the molecule is COC(=O)c1c(C)[nH]c(C(=O)NCc2cccc(OC)c2)c1C. The molecule has 2 aromatic rings. The summed E-state index contributed by atoms with van der Waals surface area (Å²) in [5, 5.41) is 2.83. The van der Waals surface area contributed by atoms with Gasteiger partial charge in [0.05, 0.1) is 19.8 Å². The fourth-order valence-corrected chi connectivity index (χ4v) is 2.44. The highest BCUT2D eigenvalue weighted by Crippen LogP contribution is 2.19.